The van der Waals surface area contributed by atoms with Gasteiger partial charge in [-0.2, -0.15) is 0 Å². The van der Waals surface area contributed by atoms with E-state index in [0.717, 1.165) is 93.8 Å². The van der Waals surface area contributed by atoms with Gasteiger partial charge >= 0.3 is 0 Å². The van der Waals surface area contributed by atoms with Crippen LogP contribution in [0.25, 0.3) is 139 Å². The summed E-state index contributed by atoms with van der Waals surface area (Å²) in [6.45, 7) is 4.74. The third-order valence-corrected chi connectivity index (χ3v) is 18.5. The molecule has 0 aliphatic heterocycles. The number of hydrogen-bond donors (Lipinski definition) is 0. The predicted octanol–water partition coefficient (Wildman–Crippen LogP) is 20.1. The third-order valence-electron chi connectivity index (χ3n) is 16.1. The molecule has 0 N–H and O–H groups in total. The molecular weight excluding hydrogens is 973 g/mol. The molecule has 0 saturated heterocycles. The van der Waals surface area contributed by atoms with E-state index in [1.165, 1.54) is 51.1 Å². The smallest absolute Gasteiger partial charge is 0.123 e. The summed E-state index contributed by atoms with van der Waals surface area (Å²) in [5.41, 5.74) is 12.1. The summed E-state index contributed by atoms with van der Waals surface area (Å²) in [7, 11) is 0. The van der Waals surface area contributed by atoms with Crippen molar-refractivity contribution in [1.29, 1.82) is 0 Å². The fraction of sp³-hybridized carbons (Fsp3) is 0.0435. The first-order valence-corrected chi connectivity index (χ1v) is 27.3. The standard InChI is InChI=1S/C69H43F2N3S2/c1-69(2,74-56-23-11-3-15-44(56)45-16-4-12-24-57(45)74)64-65(72-54-21-9-5-19-50(54)62-58(72)37-35-48-46-17-7-13-25-60(46)75-67(48)62)52(40-27-31-42(70)32-28-40)39-53(41-29-33-43(71)34-30-41)66(64)73-55-22-10-6-20-51(55)63-59(73)38-36-49-47-18-8-14-26-61(47)76-68(49)63/h3-39H,1-2H3. The maximum atomic E-state index is 15.4. The Morgan fingerprint density at radius 2 is 0.711 bits per heavy atom. The monoisotopic (exact) mass is 1020 g/mol. The number of para-hydroxylation sites is 4. The molecule has 0 aliphatic rings. The zero-order valence-corrected chi connectivity index (χ0v) is 42.9. The molecule has 0 fully saturated rings. The minimum Gasteiger partial charge on any atom is -0.330 e. The SMILES string of the molecule is CC(C)(c1c(-n2c3ccccc3c3c4sc5ccccc5c4ccc32)c(-c2ccc(F)cc2)cc(-c2ccc(F)cc2)c1-n1c2ccccc2c2c3sc4ccccc4c3ccc21)n1c2ccccc2c2ccccc21. The summed E-state index contributed by atoms with van der Waals surface area (Å²) in [6, 6.07) is 78.0. The van der Waals surface area contributed by atoms with Crippen molar-refractivity contribution in [2.24, 2.45) is 0 Å². The second-order valence-electron chi connectivity index (χ2n) is 20.6. The number of thiophene rings is 2. The number of fused-ring (bicyclic) bond motifs is 17. The van der Waals surface area contributed by atoms with Gasteiger partial charge in [0.05, 0.1) is 39.0 Å². The van der Waals surface area contributed by atoms with Gasteiger partial charge in [-0.15, -0.1) is 22.7 Å². The molecule has 0 atom stereocenters. The molecule has 7 heteroatoms. The van der Waals surface area contributed by atoms with Gasteiger partial charge in [0.15, 0.2) is 0 Å². The maximum Gasteiger partial charge on any atom is 0.123 e. The molecule has 11 aromatic carbocycles. The lowest BCUT2D eigenvalue weighted by Gasteiger charge is -2.37. The Morgan fingerprint density at radius 3 is 1.14 bits per heavy atom. The van der Waals surface area contributed by atoms with Crippen LogP contribution in [0.4, 0.5) is 8.78 Å². The minimum atomic E-state index is -0.878. The maximum absolute atomic E-state index is 15.4. The highest BCUT2D eigenvalue weighted by Crippen LogP contribution is 2.54. The lowest BCUT2D eigenvalue weighted by atomic mass is 9.82. The molecular formula is C69H43F2N3S2. The van der Waals surface area contributed by atoms with Crippen LogP contribution in [0.1, 0.15) is 19.4 Å². The highest BCUT2D eigenvalue weighted by Gasteiger charge is 2.38. The van der Waals surface area contributed by atoms with Gasteiger partial charge in [-0.1, -0.05) is 146 Å². The third kappa shape index (κ3) is 6.01. The van der Waals surface area contributed by atoms with Gasteiger partial charge in [0.2, 0.25) is 0 Å². The Balaban J connectivity index is 1.19. The van der Waals surface area contributed by atoms with Gasteiger partial charge in [-0.3, -0.25) is 0 Å². The van der Waals surface area contributed by atoms with Crippen LogP contribution in [0.3, 0.4) is 0 Å². The molecule has 3 nitrogen and oxygen atoms in total. The van der Waals surface area contributed by atoms with Crippen LogP contribution in [0.15, 0.2) is 224 Å². The van der Waals surface area contributed by atoms with Gasteiger partial charge in [-0.05, 0) is 104 Å². The van der Waals surface area contributed by atoms with Crippen LogP contribution >= 0.6 is 22.7 Å². The van der Waals surface area contributed by atoms with E-state index >= 15 is 8.78 Å². The molecule has 0 amide bonds. The Kier molecular flexibility index (Phi) is 9.20. The Bertz CT molecular complexity index is 4790. The van der Waals surface area contributed by atoms with E-state index in [9.17, 15) is 0 Å². The minimum absolute atomic E-state index is 0.312. The number of hydrogen-bond acceptors (Lipinski definition) is 2. The Hall–Kier alpha value is -8.88. The van der Waals surface area contributed by atoms with Crippen molar-refractivity contribution in [2.45, 2.75) is 19.4 Å². The Labute approximate surface area is 442 Å². The molecule has 0 radical (unpaired) electrons. The van der Waals surface area contributed by atoms with Gasteiger partial charge < -0.3 is 13.7 Å². The zero-order chi connectivity index (χ0) is 50.6. The number of halogens is 2. The Morgan fingerprint density at radius 1 is 0.342 bits per heavy atom. The molecule has 16 aromatic rings. The number of aromatic nitrogens is 3. The van der Waals surface area contributed by atoms with E-state index in [0.29, 0.717) is 0 Å². The van der Waals surface area contributed by atoms with Crippen molar-refractivity contribution in [3.05, 3.63) is 242 Å². The first kappa shape index (κ1) is 43.5. The van der Waals surface area contributed by atoms with Crippen molar-refractivity contribution < 1.29 is 8.78 Å². The van der Waals surface area contributed by atoms with Gasteiger partial charge in [0, 0.05) is 100 Å². The lowest BCUT2D eigenvalue weighted by molar-refractivity contribution is 0.462. The van der Waals surface area contributed by atoms with Gasteiger partial charge in [0.1, 0.15) is 11.6 Å². The van der Waals surface area contributed by atoms with E-state index in [1.54, 1.807) is 24.3 Å². The summed E-state index contributed by atoms with van der Waals surface area (Å²) in [5, 5.41) is 11.9. The number of rotatable bonds is 6. The molecule has 16 rings (SSSR count). The average Bonchev–Trinajstić information content (AvgIpc) is 4.44. The highest BCUT2D eigenvalue weighted by atomic mass is 32.1. The van der Waals surface area contributed by atoms with E-state index < -0.39 is 5.54 Å². The zero-order valence-electron chi connectivity index (χ0n) is 41.3. The summed E-state index contributed by atoms with van der Waals surface area (Å²) >= 11 is 3.68. The van der Waals surface area contributed by atoms with Crippen molar-refractivity contribution in [2.75, 3.05) is 0 Å². The van der Waals surface area contributed by atoms with Crippen LogP contribution in [0.5, 0.6) is 0 Å². The molecule has 5 aromatic heterocycles. The van der Waals surface area contributed by atoms with Crippen LogP contribution in [-0.4, -0.2) is 13.7 Å². The molecule has 360 valence electrons. The molecule has 0 saturated carbocycles. The van der Waals surface area contributed by atoms with E-state index in [1.807, 2.05) is 46.9 Å². The normalized spacial score (nSPS) is 12.5. The molecule has 0 unspecified atom stereocenters. The summed E-state index contributed by atoms with van der Waals surface area (Å²) < 4.78 is 43.4. The summed E-state index contributed by atoms with van der Waals surface area (Å²) in [5.74, 6) is -0.623. The average molecular weight is 1020 g/mol. The molecule has 0 spiro atoms. The second-order valence-corrected chi connectivity index (χ2v) is 22.7. The van der Waals surface area contributed by atoms with Crippen LogP contribution in [-0.2, 0) is 5.54 Å². The fourth-order valence-electron chi connectivity index (χ4n) is 13.0. The molecule has 0 bridgehead atoms. The van der Waals surface area contributed by atoms with E-state index in [-0.39, 0.29) is 11.6 Å². The van der Waals surface area contributed by atoms with Crippen molar-refractivity contribution in [3.63, 3.8) is 0 Å². The lowest BCUT2D eigenvalue weighted by Crippen LogP contribution is -2.31. The fourth-order valence-corrected chi connectivity index (χ4v) is 15.5. The van der Waals surface area contributed by atoms with Crippen LogP contribution in [0, 0.1) is 11.6 Å². The van der Waals surface area contributed by atoms with Gasteiger partial charge in [0.25, 0.3) is 0 Å². The van der Waals surface area contributed by atoms with Gasteiger partial charge in [-0.25, -0.2) is 8.78 Å². The topological polar surface area (TPSA) is 14.8 Å². The largest absolute Gasteiger partial charge is 0.330 e. The molecule has 5 heterocycles. The second kappa shape index (κ2) is 16.1. The van der Waals surface area contributed by atoms with Crippen molar-refractivity contribution >= 4 is 128 Å². The first-order chi connectivity index (χ1) is 37.3. The van der Waals surface area contributed by atoms with E-state index in [4.69, 9.17) is 0 Å². The van der Waals surface area contributed by atoms with E-state index in [2.05, 4.69) is 203 Å². The molecule has 76 heavy (non-hydrogen) atoms. The van der Waals surface area contributed by atoms with Crippen molar-refractivity contribution in [1.82, 2.24) is 13.7 Å². The predicted molar refractivity (Wildman–Crippen MR) is 320 cm³/mol. The molecule has 0 aliphatic carbocycles. The highest BCUT2D eigenvalue weighted by molar-refractivity contribution is 7.27. The summed E-state index contributed by atoms with van der Waals surface area (Å²) in [6.07, 6.45) is 0. The summed E-state index contributed by atoms with van der Waals surface area (Å²) in [4.78, 5) is 0. The number of benzene rings is 11. The quantitative estimate of drug-likeness (QED) is 0.158. The van der Waals surface area contributed by atoms with Crippen molar-refractivity contribution in [3.8, 4) is 33.6 Å². The van der Waals surface area contributed by atoms with Crippen LogP contribution < -0.4 is 0 Å². The number of nitrogens with zero attached hydrogens (tertiary/aromatic N) is 3. The van der Waals surface area contributed by atoms with Crippen LogP contribution in [0.2, 0.25) is 0 Å². The first-order valence-electron chi connectivity index (χ1n) is 25.7.